The Morgan fingerprint density at radius 2 is 2.16 bits per heavy atom. The number of amides is 1. The van der Waals surface area contributed by atoms with Crippen molar-refractivity contribution < 1.29 is 4.79 Å². The zero-order valence-corrected chi connectivity index (χ0v) is 15.6. The smallest absolute Gasteiger partial charge is 0.242 e. The third kappa shape index (κ3) is 4.03. The second-order valence-electron chi connectivity index (χ2n) is 7.19. The second-order valence-corrected chi connectivity index (χ2v) is 7.19. The highest BCUT2D eigenvalue weighted by Crippen LogP contribution is 2.30. The Labute approximate surface area is 150 Å². The van der Waals surface area contributed by atoms with Gasteiger partial charge >= 0.3 is 0 Å². The Morgan fingerprint density at radius 3 is 2.96 bits per heavy atom. The lowest BCUT2D eigenvalue weighted by Gasteiger charge is -2.30. The maximum atomic E-state index is 12.9. The van der Waals surface area contributed by atoms with Gasteiger partial charge in [0.1, 0.15) is 18.0 Å². The summed E-state index contributed by atoms with van der Waals surface area (Å²) in [5, 5.41) is 6.92. The van der Waals surface area contributed by atoms with Crippen molar-refractivity contribution in [2.45, 2.75) is 58.2 Å². The second kappa shape index (κ2) is 7.99. The highest BCUT2D eigenvalue weighted by Gasteiger charge is 2.31. The lowest BCUT2D eigenvalue weighted by molar-refractivity contribution is -0.132. The Hall–Kier alpha value is -1.89. The van der Waals surface area contributed by atoms with Gasteiger partial charge in [-0.3, -0.25) is 4.79 Å². The predicted octanol–water partition coefficient (Wildman–Crippen LogP) is 1.61. The molecule has 2 unspecified atom stereocenters. The molecule has 3 rings (SSSR count). The Bertz CT molecular complexity index is 599. The summed E-state index contributed by atoms with van der Waals surface area (Å²) in [6.07, 6.45) is 5.79. The average molecular weight is 346 g/mol. The fourth-order valence-electron chi connectivity index (χ4n) is 3.61. The van der Waals surface area contributed by atoms with Crippen LogP contribution in [0.4, 0.5) is 11.6 Å². The lowest BCUT2D eigenvalue weighted by atomic mass is 10.1. The molecule has 1 fully saturated rings. The summed E-state index contributed by atoms with van der Waals surface area (Å²) in [5.41, 5.74) is 1.04. The van der Waals surface area contributed by atoms with Crippen molar-refractivity contribution >= 4 is 17.5 Å². The number of rotatable bonds is 4. The van der Waals surface area contributed by atoms with Gasteiger partial charge in [-0.25, -0.2) is 9.97 Å². The van der Waals surface area contributed by atoms with Gasteiger partial charge in [0.2, 0.25) is 5.91 Å². The molecule has 7 nitrogen and oxygen atoms in total. The van der Waals surface area contributed by atoms with E-state index in [0.717, 1.165) is 56.0 Å². The number of hydrogen-bond donors (Lipinski definition) is 2. The van der Waals surface area contributed by atoms with Crippen LogP contribution in [0.15, 0.2) is 6.33 Å². The van der Waals surface area contributed by atoms with Crippen molar-refractivity contribution in [3.63, 3.8) is 0 Å². The van der Waals surface area contributed by atoms with Crippen LogP contribution in [0.3, 0.4) is 0 Å². The van der Waals surface area contributed by atoms with E-state index >= 15 is 0 Å². The molecule has 0 radical (unpaired) electrons. The summed E-state index contributed by atoms with van der Waals surface area (Å²) < 4.78 is 0. The minimum atomic E-state index is 0.182. The van der Waals surface area contributed by atoms with Crippen LogP contribution >= 0.6 is 0 Å². The Kier molecular flexibility index (Phi) is 5.73. The molecule has 2 N–H and O–H groups in total. The van der Waals surface area contributed by atoms with Crippen LogP contribution in [0, 0.1) is 0 Å². The van der Waals surface area contributed by atoms with E-state index in [-0.39, 0.29) is 5.91 Å². The van der Waals surface area contributed by atoms with Crippen LogP contribution in [0.5, 0.6) is 0 Å². The van der Waals surface area contributed by atoms with E-state index in [1.807, 2.05) is 11.9 Å². The van der Waals surface area contributed by atoms with E-state index in [4.69, 9.17) is 0 Å². The molecule has 0 saturated carbocycles. The van der Waals surface area contributed by atoms with Gasteiger partial charge in [-0.05, 0) is 45.7 Å². The molecular weight excluding hydrogens is 316 g/mol. The molecule has 1 amide bonds. The zero-order chi connectivity index (χ0) is 17.8. The topological polar surface area (TPSA) is 73.4 Å². The molecule has 1 saturated heterocycles. The first-order valence-corrected chi connectivity index (χ1v) is 9.41. The van der Waals surface area contributed by atoms with E-state index in [1.165, 1.54) is 0 Å². The standard InChI is InChI=1S/C18H30N6O/c1-4-13(2)22-17-15-10-24(14-6-5-8-19-9-7-14)16(25)11-23(3)18(15)21-12-20-17/h12-14,19H,4-11H2,1-3H3,(H,20,21,22). The number of nitrogens with one attached hydrogen (secondary N) is 2. The largest absolute Gasteiger partial charge is 0.367 e. The molecule has 0 bridgehead atoms. The third-order valence-corrected chi connectivity index (χ3v) is 5.29. The van der Waals surface area contributed by atoms with Crippen LogP contribution < -0.4 is 15.5 Å². The molecular formula is C18H30N6O. The first-order valence-electron chi connectivity index (χ1n) is 9.41. The van der Waals surface area contributed by atoms with Crippen LogP contribution in [0.2, 0.25) is 0 Å². The molecule has 0 aliphatic carbocycles. The molecule has 7 heteroatoms. The molecule has 2 atom stereocenters. The van der Waals surface area contributed by atoms with E-state index in [2.05, 4.69) is 39.3 Å². The van der Waals surface area contributed by atoms with Crippen molar-refractivity contribution in [3.8, 4) is 0 Å². The van der Waals surface area contributed by atoms with Crippen LogP contribution in [-0.2, 0) is 11.3 Å². The number of carbonyl (C=O) groups is 1. The number of likely N-dealkylation sites (N-methyl/N-ethyl adjacent to an activating group) is 1. The minimum Gasteiger partial charge on any atom is -0.367 e. The zero-order valence-electron chi connectivity index (χ0n) is 15.6. The van der Waals surface area contributed by atoms with Crippen LogP contribution in [0.1, 0.15) is 45.1 Å². The maximum absolute atomic E-state index is 12.9. The quantitative estimate of drug-likeness (QED) is 0.863. The van der Waals surface area contributed by atoms with Crippen molar-refractivity contribution in [1.82, 2.24) is 20.2 Å². The first kappa shape index (κ1) is 17.9. The molecule has 1 aromatic rings. The molecule has 0 aromatic carbocycles. The van der Waals surface area contributed by atoms with Gasteiger partial charge in [0.15, 0.2) is 0 Å². The molecule has 2 aliphatic heterocycles. The Balaban J connectivity index is 1.92. The van der Waals surface area contributed by atoms with Crippen molar-refractivity contribution in [1.29, 1.82) is 0 Å². The lowest BCUT2D eigenvalue weighted by Crippen LogP contribution is -2.43. The van der Waals surface area contributed by atoms with Gasteiger partial charge < -0.3 is 20.4 Å². The van der Waals surface area contributed by atoms with E-state index in [0.29, 0.717) is 25.2 Å². The predicted molar refractivity (Wildman–Crippen MR) is 99.7 cm³/mol. The summed E-state index contributed by atoms with van der Waals surface area (Å²) in [6.45, 7) is 7.27. The third-order valence-electron chi connectivity index (χ3n) is 5.29. The number of anilines is 2. The summed E-state index contributed by atoms with van der Waals surface area (Å²) in [7, 11) is 1.94. The SMILES string of the molecule is CCC(C)Nc1ncnc2c1CN(C1CCCNCC1)C(=O)CN2C. The monoisotopic (exact) mass is 346 g/mol. The van der Waals surface area contributed by atoms with E-state index < -0.39 is 0 Å². The van der Waals surface area contributed by atoms with Crippen molar-refractivity contribution in [2.24, 2.45) is 0 Å². The summed E-state index contributed by atoms with van der Waals surface area (Å²) in [5.74, 6) is 1.91. The molecule has 3 heterocycles. The first-order chi connectivity index (χ1) is 12.1. The van der Waals surface area contributed by atoms with Gasteiger partial charge in [0.25, 0.3) is 0 Å². The summed E-state index contributed by atoms with van der Waals surface area (Å²) in [6, 6.07) is 0.622. The number of fused-ring (bicyclic) bond motifs is 1. The molecule has 2 aliphatic rings. The molecule has 25 heavy (non-hydrogen) atoms. The number of hydrogen-bond acceptors (Lipinski definition) is 6. The number of carbonyl (C=O) groups excluding carboxylic acids is 1. The van der Waals surface area contributed by atoms with Gasteiger partial charge in [-0.15, -0.1) is 0 Å². The van der Waals surface area contributed by atoms with Crippen LogP contribution in [-0.4, -0.2) is 59.5 Å². The van der Waals surface area contributed by atoms with Gasteiger partial charge in [0, 0.05) is 19.1 Å². The number of aromatic nitrogens is 2. The highest BCUT2D eigenvalue weighted by atomic mass is 16.2. The molecule has 1 aromatic heterocycles. The van der Waals surface area contributed by atoms with E-state index in [9.17, 15) is 4.79 Å². The number of nitrogens with zero attached hydrogens (tertiary/aromatic N) is 4. The van der Waals surface area contributed by atoms with Crippen molar-refractivity contribution in [3.05, 3.63) is 11.9 Å². The Morgan fingerprint density at radius 1 is 1.32 bits per heavy atom. The molecule has 138 valence electrons. The average Bonchev–Trinajstić information content (AvgIpc) is 2.94. The summed E-state index contributed by atoms with van der Waals surface area (Å²) in [4.78, 5) is 25.9. The fourth-order valence-corrected chi connectivity index (χ4v) is 3.61. The summed E-state index contributed by atoms with van der Waals surface area (Å²) >= 11 is 0. The van der Waals surface area contributed by atoms with Crippen molar-refractivity contribution in [2.75, 3.05) is 36.9 Å². The van der Waals surface area contributed by atoms with E-state index in [1.54, 1.807) is 6.33 Å². The fraction of sp³-hybridized carbons (Fsp3) is 0.722. The van der Waals surface area contributed by atoms with Crippen LogP contribution in [0.25, 0.3) is 0 Å². The highest BCUT2D eigenvalue weighted by molar-refractivity contribution is 5.84. The maximum Gasteiger partial charge on any atom is 0.242 e. The van der Waals surface area contributed by atoms with Gasteiger partial charge in [0.05, 0.1) is 18.7 Å². The minimum absolute atomic E-state index is 0.182. The van der Waals surface area contributed by atoms with Gasteiger partial charge in [-0.2, -0.15) is 0 Å². The molecule has 0 spiro atoms. The normalized spacial score (nSPS) is 22.8. The van der Waals surface area contributed by atoms with Gasteiger partial charge in [-0.1, -0.05) is 6.92 Å².